The molecule has 0 heterocycles. The first kappa shape index (κ1) is 35.1. The van der Waals surface area contributed by atoms with E-state index in [1.807, 2.05) is 0 Å². The molecule has 0 aliphatic carbocycles. The summed E-state index contributed by atoms with van der Waals surface area (Å²) in [4.78, 5) is 33.1. The van der Waals surface area contributed by atoms with Crippen molar-refractivity contribution in [1.29, 1.82) is 0 Å². The summed E-state index contributed by atoms with van der Waals surface area (Å²) in [6.45, 7) is 3.53. The Hall–Kier alpha value is -1.93. The van der Waals surface area contributed by atoms with Gasteiger partial charge >= 0.3 is 94.4 Å². The Morgan fingerprint density at radius 2 is 1.35 bits per heavy atom. The Kier molecular flexibility index (Phi) is 20.9. The summed E-state index contributed by atoms with van der Waals surface area (Å²) >= 11 is -4.92. The second-order valence-electron chi connectivity index (χ2n) is 9.08. The molecule has 0 fully saturated rings. The van der Waals surface area contributed by atoms with Gasteiger partial charge in [0.25, 0.3) is 0 Å². The van der Waals surface area contributed by atoms with Gasteiger partial charge < -0.3 is 4.74 Å². The van der Waals surface area contributed by atoms with E-state index in [9.17, 15) is 22.2 Å². The molecule has 37 heavy (non-hydrogen) atoms. The number of unbranched alkanes of at least 4 members (excludes halogenated alkanes) is 12. The van der Waals surface area contributed by atoms with Crippen molar-refractivity contribution in [2.45, 2.75) is 110 Å². The molecular weight excluding hydrogens is 541 g/mol. The molecule has 1 amide bonds. The van der Waals surface area contributed by atoms with Crippen molar-refractivity contribution in [3.05, 3.63) is 24.3 Å². The van der Waals surface area contributed by atoms with Gasteiger partial charge in [0.05, 0.1) is 7.11 Å². The number of esters is 1. The van der Waals surface area contributed by atoms with Gasteiger partial charge in [0.15, 0.2) is 0 Å². The first-order valence-electron chi connectivity index (χ1n) is 13.3. The topological polar surface area (TPSA) is 139 Å². The number of para-hydroxylation sites is 1. The van der Waals surface area contributed by atoms with Gasteiger partial charge in [-0.05, 0) is 6.42 Å². The smallest absolute Gasteiger partial charge is 0.313 e. The number of ether oxygens (including phenoxy) is 1. The van der Waals surface area contributed by atoms with Crippen LogP contribution in [0, 0.1) is 0 Å². The molecule has 0 aliphatic rings. The molecule has 10 heteroatoms. The molecule has 3 N–H and O–H groups in total. The van der Waals surface area contributed by atoms with E-state index in [0.717, 1.165) is 12.8 Å². The second kappa shape index (κ2) is 22.1. The number of nitrogens with one attached hydrogen (secondary N) is 1. The molecule has 1 aromatic carbocycles. The van der Waals surface area contributed by atoms with E-state index in [4.69, 9.17) is 5.26 Å². The van der Waals surface area contributed by atoms with Gasteiger partial charge in [0, 0.05) is 6.42 Å². The minimum atomic E-state index is -4.92. The van der Waals surface area contributed by atoms with Crippen LogP contribution in [-0.2, 0) is 26.7 Å². The summed E-state index contributed by atoms with van der Waals surface area (Å²) < 4.78 is 28.6. The molecule has 1 atom stereocenters. The number of Topliss-reactive ketones (excluding diaryl/α,β-unsaturated/α-hetero) is 1. The van der Waals surface area contributed by atoms with E-state index in [0.29, 0.717) is 6.42 Å². The molecule has 0 radical (unpaired) electrons. The number of rotatable bonds is 19. The third kappa shape index (κ3) is 18.9. The number of carbonyl (C=O) groups excluding carboxylic acids is 3. The van der Waals surface area contributed by atoms with E-state index in [1.54, 1.807) is 6.07 Å². The predicted octanol–water partition coefficient (Wildman–Crippen LogP) is 5.30. The zero-order valence-corrected chi connectivity index (χ0v) is 24.6. The van der Waals surface area contributed by atoms with Gasteiger partial charge in [0.1, 0.15) is 12.2 Å². The monoisotopic (exact) mass is 587 g/mol. The zero-order valence-electron chi connectivity index (χ0n) is 22.7. The van der Waals surface area contributed by atoms with Crippen molar-refractivity contribution in [2.75, 3.05) is 12.4 Å². The van der Waals surface area contributed by atoms with Gasteiger partial charge in [-0.15, -0.1) is 0 Å². The van der Waals surface area contributed by atoms with Gasteiger partial charge in [-0.3, -0.25) is 9.59 Å². The normalized spacial score (nSPS) is 12.1. The van der Waals surface area contributed by atoms with E-state index >= 15 is 0 Å². The average Bonchev–Trinajstić information content (AvgIpc) is 2.87. The SMILES string of the molecule is CC(=O)Nc1ccccc1[As](=O)(O)OO.CCCCCCCCCCCCCCCC(=O)CC(=O)OC. The zero-order chi connectivity index (χ0) is 27.9. The molecule has 0 saturated carbocycles. The molecular formula is C27H46AsNO8. The van der Waals surface area contributed by atoms with Crippen LogP contribution in [0.2, 0.25) is 0 Å². The van der Waals surface area contributed by atoms with Gasteiger partial charge in [-0.1, -0.05) is 84.0 Å². The molecule has 0 saturated heterocycles. The molecule has 0 bridgehead atoms. The Balaban J connectivity index is 0.000000749. The Morgan fingerprint density at radius 3 is 1.81 bits per heavy atom. The summed E-state index contributed by atoms with van der Waals surface area (Å²) in [5, 5.41) is 10.7. The molecule has 0 aliphatic heterocycles. The second-order valence-corrected chi connectivity index (χ2v) is 12.6. The quantitative estimate of drug-likeness (QED) is 0.0495. The predicted molar refractivity (Wildman–Crippen MR) is 145 cm³/mol. The van der Waals surface area contributed by atoms with Crippen LogP contribution in [0.15, 0.2) is 24.3 Å². The summed E-state index contributed by atoms with van der Waals surface area (Å²) in [6.07, 6.45) is 17.4. The number of benzene rings is 1. The average molecular weight is 588 g/mol. The van der Waals surface area contributed by atoms with Crippen molar-refractivity contribution in [3.8, 4) is 0 Å². The van der Waals surface area contributed by atoms with Crippen LogP contribution < -0.4 is 9.67 Å². The summed E-state index contributed by atoms with van der Waals surface area (Å²) in [6, 6.07) is 5.84. The van der Waals surface area contributed by atoms with Gasteiger partial charge in [0.2, 0.25) is 0 Å². The van der Waals surface area contributed by atoms with Crippen LogP contribution in [0.5, 0.6) is 0 Å². The molecule has 1 rings (SSSR count). The van der Waals surface area contributed by atoms with E-state index in [1.165, 1.54) is 103 Å². The van der Waals surface area contributed by atoms with Crippen molar-refractivity contribution in [2.24, 2.45) is 0 Å². The number of hydrogen-bond acceptors (Lipinski definition) is 7. The fraction of sp³-hybridized carbons (Fsp3) is 0.667. The van der Waals surface area contributed by atoms with E-state index in [-0.39, 0.29) is 28.1 Å². The molecule has 1 aromatic rings. The van der Waals surface area contributed by atoms with Gasteiger partial charge in [-0.2, -0.15) is 0 Å². The molecule has 9 nitrogen and oxygen atoms in total. The van der Waals surface area contributed by atoms with Crippen LogP contribution in [0.3, 0.4) is 0 Å². The Bertz CT molecular complexity index is 830. The van der Waals surface area contributed by atoms with E-state index in [2.05, 4.69) is 20.9 Å². The number of ketones is 1. The van der Waals surface area contributed by atoms with Crippen molar-refractivity contribution >= 4 is 41.9 Å². The number of methoxy groups -OCH3 is 1. The van der Waals surface area contributed by atoms with Gasteiger partial charge in [-0.25, -0.2) is 0 Å². The Labute approximate surface area is 224 Å². The summed E-state index contributed by atoms with van der Waals surface area (Å²) in [5.74, 6) is -0.787. The third-order valence-electron chi connectivity index (χ3n) is 5.76. The fourth-order valence-corrected chi connectivity index (χ4v) is 5.39. The summed E-state index contributed by atoms with van der Waals surface area (Å²) in [7, 11) is 1.32. The summed E-state index contributed by atoms with van der Waals surface area (Å²) in [5.41, 5.74) is 0.157. The maximum atomic E-state index is 11.4. The molecule has 1 unspecified atom stereocenters. The van der Waals surface area contributed by atoms with Crippen LogP contribution in [0.1, 0.15) is 110 Å². The molecule has 0 spiro atoms. The first-order valence-corrected chi connectivity index (χ1v) is 16.6. The van der Waals surface area contributed by atoms with Crippen LogP contribution in [0.4, 0.5) is 5.69 Å². The maximum absolute atomic E-state index is 11.4. The minimum absolute atomic E-state index is 0.00919. The third-order valence-corrected chi connectivity index (χ3v) is 8.32. The standard InChI is InChI=1S/C19H36O3.C8H10AsNO5/c1-3-4-5-6-7-8-9-10-11-12-13-14-15-16-18(20)17-19(21)22-2;1-6(11)10-8-5-3-2-4-7(8)9(12,13)15-14/h3-17H2,1-2H3;2-5,14H,1H3,(H,10,11)(H,12,13). The first-order chi connectivity index (χ1) is 17.7. The number of hydrogen-bond donors (Lipinski definition) is 3. The van der Waals surface area contributed by atoms with Crippen molar-refractivity contribution in [1.82, 2.24) is 0 Å². The number of amides is 1. The number of carbonyl (C=O) groups is 3. The maximum Gasteiger partial charge on any atom is 0.313 e. The van der Waals surface area contributed by atoms with Crippen LogP contribution in [0.25, 0.3) is 0 Å². The largest absolute Gasteiger partial charge is 0.469 e. The number of anilines is 1. The molecule has 212 valence electrons. The minimum Gasteiger partial charge on any atom is -0.469 e. The fourth-order valence-electron chi connectivity index (χ4n) is 3.72. The van der Waals surface area contributed by atoms with E-state index < -0.39 is 20.1 Å². The Morgan fingerprint density at radius 1 is 0.865 bits per heavy atom. The van der Waals surface area contributed by atoms with Crippen molar-refractivity contribution in [3.63, 3.8) is 0 Å². The van der Waals surface area contributed by atoms with Crippen LogP contribution >= 0.6 is 0 Å². The van der Waals surface area contributed by atoms with Crippen LogP contribution in [-0.4, -0.2) is 48.3 Å². The van der Waals surface area contributed by atoms with Crippen molar-refractivity contribution < 1.29 is 36.1 Å². The molecule has 0 aromatic heterocycles.